The third kappa shape index (κ3) is 4.18. The van der Waals surface area contributed by atoms with Gasteiger partial charge in [-0.15, -0.1) is 0 Å². The van der Waals surface area contributed by atoms with Crippen LogP contribution in [-0.2, 0) is 14.9 Å². The lowest BCUT2D eigenvalue weighted by molar-refractivity contribution is -0.384. The van der Waals surface area contributed by atoms with Gasteiger partial charge in [0, 0.05) is 17.7 Å². The number of non-ortho nitro benzene ring substituents is 1. The molecule has 22 heavy (non-hydrogen) atoms. The number of nitro benzene ring substituents is 1. The van der Waals surface area contributed by atoms with Gasteiger partial charge >= 0.3 is 15.6 Å². The van der Waals surface area contributed by atoms with Crippen LogP contribution in [0.15, 0.2) is 24.3 Å². The van der Waals surface area contributed by atoms with Gasteiger partial charge in [-0.05, 0) is 18.2 Å². The van der Waals surface area contributed by atoms with Crippen molar-refractivity contribution in [2.45, 2.75) is 5.51 Å². The second kappa shape index (κ2) is 6.01. The van der Waals surface area contributed by atoms with Crippen molar-refractivity contribution in [3.63, 3.8) is 0 Å². The molecule has 1 rings (SSSR count). The molecule has 0 aliphatic carbocycles. The normalized spacial score (nSPS) is 12.3. The number of halogens is 3. The number of aliphatic carboxylic acids is 1. The van der Waals surface area contributed by atoms with Crippen LogP contribution >= 0.6 is 0 Å². The molecular weight excluding hydrogens is 335 g/mol. The third-order valence-corrected chi connectivity index (χ3v) is 3.05. The van der Waals surface area contributed by atoms with E-state index in [-0.39, 0.29) is 0 Å². The molecule has 0 aromatic heterocycles. The van der Waals surface area contributed by atoms with E-state index in [2.05, 4.69) is 4.18 Å². The van der Waals surface area contributed by atoms with Crippen molar-refractivity contribution in [2.24, 2.45) is 0 Å². The molecule has 0 spiro atoms. The molecule has 0 bridgehead atoms. The summed E-state index contributed by atoms with van der Waals surface area (Å²) in [6.07, 6.45) is 0.940. The molecule has 0 atom stereocenters. The van der Waals surface area contributed by atoms with Gasteiger partial charge in [0.15, 0.2) is 5.75 Å². The average molecular weight is 340 g/mol. The van der Waals surface area contributed by atoms with Gasteiger partial charge in [-0.3, -0.25) is 10.1 Å². The molecule has 0 N–H and O–H groups in total. The van der Waals surface area contributed by atoms with Gasteiger partial charge in [-0.1, -0.05) is 0 Å². The Hall–Kier alpha value is -2.63. The first-order valence-electron chi connectivity index (χ1n) is 5.12. The number of nitrogens with zero attached hydrogens (tertiary/aromatic N) is 1. The molecule has 0 saturated heterocycles. The first-order valence-corrected chi connectivity index (χ1v) is 6.53. The van der Waals surface area contributed by atoms with Crippen LogP contribution in [0.2, 0.25) is 0 Å². The highest BCUT2D eigenvalue weighted by Gasteiger charge is 2.48. The van der Waals surface area contributed by atoms with Crippen molar-refractivity contribution in [3.8, 4) is 5.75 Å². The summed E-state index contributed by atoms with van der Waals surface area (Å²) in [5.41, 5.74) is -6.90. The minimum Gasteiger partial charge on any atom is -0.545 e. The lowest BCUT2D eigenvalue weighted by Gasteiger charge is -2.11. The smallest absolute Gasteiger partial charge is 0.534 e. The van der Waals surface area contributed by atoms with Gasteiger partial charge in [0.05, 0.1) is 10.9 Å². The summed E-state index contributed by atoms with van der Waals surface area (Å²) in [6.45, 7) is 0. The number of carbonyl (C=O) groups is 1. The van der Waals surface area contributed by atoms with E-state index in [1.807, 2.05) is 0 Å². The lowest BCUT2D eigenvalue weighted by atomic mass is 10.1. The van der Waals surface area contributed by atoms with Crippen LogP contribution in [0, 0.1) is 10.1 Å². The molecule has 120 valence electrons. The zero-order valence-corrected chi connectivity index (χ0v) is 11.1. The molecule has 0 saturated carbocycles. The SMILES string of the molecule is O=C([O-])/C=C\c1cc([N+](=O)[O-])ccc1OS(=O)(=O)C(F)(F)F. The Balaban J connectivity index is 3.35. The van der Waals surface area contributed by atoms with Crippen LogP contribution in [-0.4, -0.2) is 24.8 Å². The highest BCUT2D eigenvalue weighted by atomic mass is 32.2. The second-order valence-corrected chi connectivity index (χ2v) is 5.15. The highest BCUT2D eigenvalue weighted by molar-refractivity contribution is 7.88. The second-order valence-electron chi connectivity index (χ2n) is 3.61. The standard InChI is InChI=1S/C10H6F3NO7S/c11-10(12,13)22(19,20)21-8-3-2-7(14(17)18)5-6(8)1-4-9(15)16/h1-5H,(H,15,16)/p-1/b4-1-. The summed E-state index contributed by atoms with van der Waals surface area (Å²) >= 11 is 0. The predicted octanol–water partition coefficient (Wildman–Crippen LogP) is 0.586. The van der Waals surface area contributed by atoms with Gasteiger partial charge < -0.3 is 14.1 Å². The van der Waals surface area contributed by atoms with Gasteiger partial charge in [0.1, 0.15) is 0 Å². The number of carbonyl (C=O) groups excluding carboxylic acids is 1. The van der Waals surface area contributed by atoms with Gasteiger partial charge in [-0.25, -0.2) is 0 Å². The third-order valence-electron chi connectivity index (χ3n) is 2.09. The summed E-state index contributed by atoms with van der Waals surface area (Å²) in [4.78, 5) is 19.9. The van der Waals surface area contributed by atoms with Crippen molar-refractivity contribution in [1.29, 1.82) is 0 Å². The number of carboxylic acids is 1. The average Bonchev–Trinajstić information content (AvgIpc) is 2.35. The Morgan fingerprint density at radius 1 is 1.32 bits per heavy atom. The van der Waals surface area contributed by atoms with Crippen LogP contribution in [0.5, 0.6) is 5.75 Å². The molecule has 0 aliphatic rings. The molecule has 8 nitrogen and oxygen atoms in total. The maximum Gasteiger partial charge on any atom is 0.534 e. The van der Waals surface area contributed by atoms with Crippen LogP contribution in [0.3, 0.4) is 0 Å². The zero-order chi connectivity index (χ0) is 17.1. The molecule has 0 unspecified atom stereocenters. The van der Waals surface area contributed by atoms with Crippen molar-refractivity contribution in [3.05, 3.63) is 40.0 Å². The summed E-state index contributed by atoms with van der Waals surface area (Å²) in [5, 5.41) is 20.8. The predicted molar refractivity (Wildman–Crippen MR) is 62.7 cm³/mol. The van der Waals surface area contributed by atoms with Crippen LogP contribution in [0.4, 0.5) is 18.9 Å². The van der Waals surface area contributed by atoms with E-state index >= 15 is 0 Å². The number of carboxylic acid groups (broad SMARTS) is 1. The summed E-state index contributed by atoms with van der Waals surface area (Å²) in [7, 11) is -6.01. The number of nitro groups is 1. The summed E-state index contributed by atoms with van der Waals surface area (Å²) in [6, 6.07) is 1.93. The van der Waals surface area contributed by atoms with Crippen LogP contribution in [0.25, 0.3) is 6.08 Å². The van der Waals surface area contributed by atoms with Crippen LogP contribution < -0.4 is 9.29 Å². The Bertz CT molecular complexity index is 739. The van der Waals surface area contributed by atoms with E-state index in [1.165, 1.54) is 0 Å². The topological polar surface area (TPSA) is 127 Å². The zero-order valence-electron chi connectivity index (χ0n) is 10.2. The molecule has 0 aliphatic heterocycles. The molecule has 0 radical (unpaired) electrons. The quantitative estimate of drug-likeness (QED) is 0.252. The van der Waals surface area contributed by atoms with E-state index in [4.69, 9.17) is 0 Å². The van der Waals surface area contributed by atoms with Crippen LogP contribution in [0.1, 0.15) is 5.56 Å². The largest absolute Gasteiger partial charge is 0.545 e. The fraction of sp³-hybridized carbons (Fsp3) is 0.100. The Morgan fingerprint density at radius 3 is 2.36 bits per heavy atom. The molecule has 0 fully saturated rings. The van der Waals surface area contributed by atoms with Crippen molar-refractivity contribution >= 4 is 27.9 Å². The van der Waals surface area contributed by atoms with E-state index < -0.39 is 43.5 Å². The minimum atomic E-state index is -6.01. The molecule has 0 heterocycles. The van der Waals surface area contributed by atoms with E-state index in [1.54, 1.807) is 0 Å². The first kappa shape index (κ1) is 17.4. The first-order chi connectivity index (χ1) is 9.94. The fourth-order valence-electron chi connectivity index (χ4n) is 1.18. The Labute approximate surface area is 120 Å². The molecule has 0 amide bonds. The monoisotopic (exact) mass is 340 g/mol. The van der Waals surface area contributed by atoms with E-state index in [0.29, 0.717) is 30.4 Å². The summed E-state index contributed by atoms with van der Waals surface area (Å²) in [5.74, 6) is -2.68. The molecule has 1 aromatic rings. The number of benzene rings is 1. The molecular formula is C10H5F3NO7S-. The number of rotatable bonds is 5. The van der Waals surface area contributed by atoms with Crippen molar-refractivity contribution in [2.75, 3.05) is 0 Å². The Kier molecular flexibility index (Phi) is 4.76. The Morgan fingerprint density at radius 2 is 1.91 bits per heavy atom. The maximum atomic E-state index is 12.2. The minimum absolute atomic E-state index is 0.339. The van der Waals surface area contributed by atoms with Crippen molar-refractivity contribution < 1.29 is 40.6 Å². The van der Waals surface area contributed by atoms with Gasteiger partial charge in [0.25, 0.3) is 5.69 Å². The van der Waals surface area contributed by atoms with Crippen molar-refractivity contribution in [1.82, 2.24) is 0 Å². The number of alkyl halides is 3. The van der Waals surface area contributed by atoms with Gasteiger partial charge in [0.2, 0.25) is 0 Å². The van der Waals surface area contributed by atoms with E-state index in [0.717, 1.165) is 0 Å². The number of hydrogen-bond donors (Lipinski definition) is 0. The van der Waals surface area contributed by atoms with E-state index in [9.17, 15) is 41.6 Å². The molecule has 1 aromatic carbocycles. The highest BCUT2D eigenvalue weighted by Crippen LogP contribution is 2.31. The summed E-state index contributed by atoms with van der Waals surface area (Å²) < 4.78 is 62.3. The number of hydrogen-bond acceptors (Lipinski definition) is 7. The van der Waals surface area contributed by atoms with Gasteiger partial charge in [-0.2, -0.15) is 21.6 Å². The fourth-order valence-corrected chi connectivity index (χ4v) is 1.66. The lowest BCUT2D eigenvalue weighted by Crippen LogP contribution is -2.28. The molecule has 12 heteroatoms. The maximum absolute atomic E-state index is 12.2.